The molecule has 60 valence electrons. The molecule has 0 heterocycles. The van der Waals surface area contributed by atoms with E-state index in [0.717, 1.165) is 11.1 Å². The van der Waals surface area contributed by atoms with Gasteiger partial charge < -0.3 is 10.2 Å². The Bertz CT molecular complexity index is 214. The summed E-state index contributed by atoms with van der Waals surface area (Å²) in [7, 11) is 0. The van der Waals surface area contributed by atoms with Gasteiger partial charge in [0, 0.05) is 0 Å². The fourth-order valence-electron chi connectivity index (χ4n) is 0.902. The SMILES string of the molecule is CC(O)c1ccc(CO)cc1. The maximum Gasteiger partial charge on any atom is 0.0761 e. The number of hydrogen-bond donors (Lipinski definition) is 2. The van der Waals surface area contributed by atoms with Gasteiger partial charge in [0.15, 0.2) is 0 Å². The molecule has 0 bridgehead atoms. The van der Waals surface area contributed by atoms with Gasteiger partial charge in [-0.2, -0.15) is 0 Å². The summed E-state index contributed by atoms with van der Waals surface area (Å²) in [5.74, 6) is 0. The number of rotatable bonds is 2. The first-order valence-corrected chi connectivity index (χ1v) is 3.62. The van der Waals surface area contributed by atoms with Crippen LogP contribution in [0.2, 0.25) is 0 Å². The van der Waals surface area contributed by atoms with Crippen molar-refractivity contribution in [2.75, 3.05) is 0 Å². The predicted octanol–water partition coefficient (Wildman–Crippen LogP) is 1.23. The van der Waals surface area contributed by atoms with Crippen LogP contribution in [0.4, 0.5) is 0 Å². The lowest BCUT2D eigenvalue weighted by molar-refractivity contribution is 0.199. The number of benzene rings is 1. The van der Waals surface area contributed by atoms with Gasteiger partial charge in [-0.25, -0.2) is 0 Å². The Morgan fingerprint density at radius 2 is 1.82 bits per heavy atom. The first kappa shape index (κ1) is 8.24. The second kappa shape index (κ2) is 3.51. The molecule has 0 saturated carbocycles. The minimum atomic E-state index is -0.428. The zero-order valence-electron chi connectivity index (χ0n) is 6.49. The molecule has 0 aliphatic heterocycles. The van der Waals surface area contributed by atoms with Crippen LogP contribution in [-0.4, -0.2) is 10.2 Å². The van der Waals surface area contributed by atoms with Crippen molar-refractivity contribution in [3.8, 4) is 0 Å². The third-order valence-electron chi connectivity index (χ3n) is 1.64. The van der Waals surface area contributed by atoms with E-state index in [1.54, 1.807) is 6.92 Å². The molecular formula is C9H12O2. The average Bonchev–Trinajstić information content (AvgIpc) is 2.05. The standard InChI is InChI=1S/C9H12O2/c1-7(11)9-4-2-8(6-10)3-5-9/h2-5,7,10-11H,6H2,1H3. The minimum Gasteiger partial charge on any atom is -0.392 e. The van der Waals surface area contributed by atoms with Crippen LogP contribution >= 0.6 is 0 Å². The molecule has 2 N–H and O–H groups in total. The lowest BCUT2D eigenvalue weighted by Gasteiger charge is -2.03. The van der Waals surface area contributed by atoms with Gasteiger partial charge in [-0.1, -0.05) is 24.3 Å². The van der Waals surface area contributed by atoms with E-state index in [4.69, 9.17) is 10.2 Å². The summed E-state index contributed by atoms with van der Waals surface area (Å²) in [6, 6.07) is 7.25. The second-order valence-corrected chi connectivity index (χ2v) is 2.58. The van der Waals surface area contributed by atoms with E-state index >= 15 is 0 Å². The van der Waals surface area contributed by atoms with Gasteiger partial charge in [-0.3, -0.25) is 0 Å². The van der Waals surface area contributed by atoms with E-state index in [2.05, 4.69) is 0 Å². The Labute approximate surface area is 66.1 Å². The molecule has 0 spiro atoms. The summed E-state index contributed by atoms with van der Waals surface area (Å²) in [5.41, 5.74) is 1.75. The first-order chi connectivity index (χ1) is 5.24. The normalized spacial score (nSPS) is 13.0. The zero-order chi connectivity index (χ0) is 8.27. The first-order valence-electron chi connectivity index (χ1n) is 3.62. The van der Waals surface area contributed by atoms with E-state index in [9.17, 15) is 0 Å². The van der Waals surface area contributed by atoms with Crippen molar-refractivity contribution in [1.82, 2.24) is 0 Å². The molecule has 1 aromatic rings. The van der Waals surface area contributed by atoms with Crippen LogP contribution in [0.5, 0.6) is 0 Å². The van der Waals surface area contributed by atoms with E-state index < -0.39 is 6.10 Å². The van der Waals surface area contributed by atoms with Crippen LogP contribution in [0, 0.1) is 0 Å². The summed E-state index contributed by atoms with van der Waals surface area (Å²) in [6.07, 6.45) is -0.428. The Morgan fingerprint density at radius 1 is 1.27 bits per heavy atom. The molecule has 0 aliphatic rings. The molecular weight excluding hydrogens is 140 g/mol. The van der Waals surface area contributed by atoms with E-state index in [0.29, 0.717) is 0 Å². The molecule has 2 heteroatoms. The fraction of sp³-hybridized carbons (Fsp3) is 0.333. The predicted molar refractivity (Wildman–Crippen MR) is 43.0 cm³/mol. The highest BCUT2D eigenvalue weighted by Gasteiger charge is 1.98. The summed E-state index contributed by atoms with van der Waals surface area (Å²) in [5, 5.41) is 17.8. The van der Waals surface area contributed by atoms with Crippen LogP contribution in [0.25, 0.3) is 0 Å². The summed E-state index contributed by atoms with van der Waals surface area (Å²) >= 11 is 0. The van der Waals surface area contributed by atoms with Gasteiger partial charge in [0.2, 0.25) is 0 Å². The fourth-order valence-corrected chi connectivity index (χ4v) is 0.902. The highest BCUT2D eigenvalue weighted by molar-refractivity contribution is 5.23. The summed E-state index contributed by atoms with van der Waals surface area (Å²) < 4.78 is 0. The Kier molecular flexibility index (Phi) is 2.63. The van der Waals surface area contributed by atoms with Gasteiger partial charge in [-0.05, 0) is 18.1 Å². The maximum absolute atomic E-state index is 9.12. The van der Waals surface area contributed by atoms with Gasteiger partial charge >= 0.3 is 0 Å². The number of aliphatic hydroxyl groups is 2. The van der Waals surface area contributed by atoms with Crippen molar-refractivity contribution >= 4 is 0 Å². The van der Waals surface area contributed by atoms with Crippen molar-refractivity contribution in [1.29, 1.82) is 0 Å². The molecule has 0 saturated heterocycles. The molecule has 11 heavy (non-hydrogen) atoms. The molecule has 0 aliphatic carbocycles. The third kappa shape index (κ3) is 2.03. The maximum atomic E-state index is 9.12. The Balaban J connectivity index is 2.83. The summed E-state index contributed by atoms with van der Waals surface area (Å²) in [6.45, 7) is 1.77. The molecule has 0 radical (unpaired) electrons. The van der Waals surface area contributed by atoms with Crippen LogP contribution in [0.15, 0.2) is 24.3 Å². The van der Waals surface area contributed by atoms with Crippen molar-refractivity contribution in [2.45, 2.75) is 19.6 Å². The molecule has 1 atom stereocenters. The van der Waals surface area contributed by atoms with Gasteiger partial charge in [-0.15, -0.1) is 0 Å². The van der Waals surface area contributed by atoms with Crippen LogP contribution in [0.3, 0.4) is 0 Å². The highest BCUT2D eigenvalue weighted by atomic mass is 16.3. The molecule has 0 aromatic heterocycles. The van der Waals surface area contributed by atoms with Crippen LogP contribution in [-0.2, 0) is 6.61 Å². The van der Waals surface area contributed by atoms with Gasteiger partial charge in [0.05, 0.1) is 12.7 Å². The zero-order valence-corrected chi connectivity index (χ0v) is 6.49. The largest absolute Gasteiger partial charge is 0.392 e. The molecule has 1 aromatic carbocycles. The quantitative estimate of drug-likeness (QED) is 0.669. The molecule has 0 fully saturated rings. The molecule has 0 amide bonds. The van der Waals surface area contributed by atoms with Crippen molar-refractivity contribution in [3.63, 3.8) is 0 Å². The monoisotopic (exact) mass is 152 g/mol. The summed E-state index contributed by atoms with van der Waals surface area (Å²) in [4.78, 5) is 0. The van der Waals surface area contributed by atoms with Crippen LogP contribution in [0.1, 0.15) is 24.2 Å². The number of aliphatic hydroxyl groups excluding tert-OH is 2. The van der Waals surface area contributed by atoms with Gasteiger partial charge in [0.1, 0.15) is 0 Å². The van der Waals surface area contributed by atoms with Crippen molar-refractivity contribution in [3.05, 3.63) is 35.4 Å². The van der Waals surface area contributed by atoms with E-state index in [-0.39, 0.29) is 6.61 Å². The smallest absolute Gasteiger partial charge is 0.0761 e. The lowest BCUT2D eigenvalue weighted by Crippen LogP contribution is -1.91. The second-order valence-electron chi connectivity index (χ2n) is 2.58. The van der Waals surface area contributed by atoms with Crippen molar-refractivity contribution in [2.24, 2.45) is 0 Å². The van der Waals surface area contributed by atoms with E-state index in [1.165, 1.54) is 0 Å². The molecule has 2 nitrogen and oxygen atoms in total. The lowest BCUT2D eigenvalue weighted by atomic mass is 10.1. The third-order valence-corrected chi connectivity index (χ3v) is 1.64. The number of hydrogen-bond acceptors (Lipinski definition) is 2. The average molecular weight is 152 g/mol. The van der Waals surface area contributed by atoms with Crippen molar-refractivity contribution < 1.29 is 10.2 Å². The molecule has 1 unspecified atom stereocenters. The topological polar surface area (TPSA) is 40.5 Å². The highest BCUT2D eigenvalue weighted by Crippen LogP contribution is 2.12. The minimum absolute atomic E-state index is 0.0556. The Morgan fingerprint density at radius 3 is 2.18 bits per heavy atom. The Hall–Kier alpha value is -0.860. The van der Waals surface area contributed by atoms with Crippen LogP contribution < -0.4 is 0 Å². The van der Waals surface area contributed by atoms with Gasteiger partial charge in [0.25, 0.3) is 0 Å². The molecule has 1 rings (SSSR count). The van der Waals surface area contributed by atoms with E-state index in [1.807, 2.05) is 24.3 Å².